The summed E-state index contributed by atoms with van der Waals surface area (Å²) in [4.78, 5) is 0. The van der Waals surface area contributed by atoms with E-state index in [1.165, 1.54) is 6.08 Å². The van der Waals surface area contributed by atoms with E-state index in [1.54, 1.807) is 13.0 Å². The second-order valence-electron chi connectivity index (χ2n) is 2.37. The normalized spacial score (nSPS) is 15.8. The zero-order valence-corrected chi connectivity index (χ0v) is 6.34. The van der Waals surface area contributed by atoms with Gasteiger partial charge in [0.05, 0.1) is 13.2 Å². The monoisotopic (exact) mass is 142 g/mol. The molecule has 2 heteroatoms. The molecule has 10 heavy (non-hydrogen) atoms. The van der Waals surface area contributed by atoms with E-state index >= 15 is 0 Å². The van der Waals surface area contributed by atoms with Crippen LogP contribution < -0.4 is 0 Å². The van der Waals surface area contributed by atoms with Gasteiger partial charge in [-0.3, -0.25) is 0 Å². The Morgan fingerprint density at radius 3 is 2.60 bits per heavy atom. The predicted octanol–water partition coefficient (Wildman–Crippen LogP) is 1.13. The van der Waals surface area contributed by atoms with Crippen molar-refractivity contribution in [3.63, 3.8) is 0 Å². The minimum atomic E-state index is -0.914. The van der Waals surface area contributed by atoms with Crippen LogP contribution >= 0.6 is 0 Å². The highest BCUT2D eigenvalue weighted by molar-refractivity contribution is 4.91. The molecule has 0 aromatic heterocycles. The number of aliphatic hydroxyl groups is 1. The molecular formula is C8H14O2. The number of hydrogen-bond acceptors (Lipinski definition) is 2. The highest BCUT2D eigenvalue weighted by Gasteiger charge is 2.14. The SMILES string of the molecule is C=CCOCC(C)(O)C=C. The topological polar surface area (TPSA) is 29.5 Å². The largest absolute Gasteiger partial charge is 0.384 e. The van der Waals surface area contributed by atoms with Gasteiger partial charge >= 0.3 is 0 Å². The number of rotatable bonds is 5. The van der Waals surface area contributed by atoms with Gasteiger partial charge in [-0.2, -0.15) is 0 Å². The fourth-order valence-electron chi connectivity index (χ4n) is 0.408. The Bertz CT molecular complexity index is 116. The summed E-state index contributed by atoms with van der Waals surface area (Å²) in [6, 6.07) is 0. The van der Waals surface area contributed by atoms with Crippen molar-refractivity contribution < 1.29 is 9.84 Å². The first-order chi connectivity index (χ1) is 4.62. The minimum Gasteiger partial charge on any atom is -0.384 e. The molecule has 2 nitrogen and oxygen atoms in total. The van der Waals surface area contributed by atoms with E-state index in [-0.39, 0.29) is 6.61 Å². The van der Waals surface area contributed by atoms with Gasteiger partial charge in [0.2, 0.25) is 0 Å². The molecule has 0 fully saturated rings. The van der Waals surface area contributed by atoms with Gasteiger partial charge in [0.25, 0.3) is 0 Å². The van der Waals surface area contributed by atoms with Gasteiger partial charge in [0.15, 0.2) is 0 Å². The lowest BCUT2D eigenvalue weighted by Crippen LogP contribution is -2.27. The Hall–Kier alpha value is -0.600. The zero-order chi connectivity index (χ0) is 8.04. The summed E-state index contributed by atoms with van der Waals surface area (Å²) in [5.74, 6) is 0. The molecule has 58 valence electrons. The molecule has 1 atom stereocenters. The average molecular weight is 142 g/mol. The van der Waals surface area contributed by atoms with Crippen molar-refractivity contribution in [2.45, 2.75) is 12.5 Å². The van der Waals surface area contributed by atoms with E-state index in [4.69, 9.17) is 4.74 Å². The molecule has 0 aliphatic heterocycles. The molecule has 0 aliphatic rings. The molecule has 0 heterocycles. The van der Waals surface area contributed by atoms with Crippen LogP contribution in [0.2, 0.25) is 0 Å². The summed E-state index contributed by atoms with van der Waals surface area (Å²) in [6.45, 7) is 9.30. The minimum absolute atomic E-state index is 0.266. The fraction of sp³-hybridized carbons (Fsp3) is 0.500. The van der Waals surface area contributed by atoms with Crippen LogP contribution in [-0.2, 0) is 4.74 Å². The second kappa shape index (κ2) is 4.25. The van der Waals surface area contributed by atoms with Crippen molar-refractivity contribution in [3.05, 3.63) is 25.3 Å². The van der Waals surface area contributed by atoms with E-state index in [9.17, 15) is 5.11 Å². The highest BCUT2D eigenvalue weighted by Crippen LogP contribution is 2.03. The molecule has 0 aromatic carbocycles. The van der Waals surface area contributed by atoms with Gasteiger partial charge in [-0.1, -0.05) is 12.2 Å². The lowest BCUT2D eigenvalue weighted by Gasteiger charge is -2.17. The fourth-order valence-corrected chi connectivity index (χ4v) is 0.408. The lowest BCUT2D eigenvalue weighted by atomic mass is 10.1. The van der Waals surface area contributed by atoms with Gasteiger partial charge in [0, 0.05) is 0 Å². The molecule has 0 spiro atoms. The summed E-state index contributed by atoms with van der Waals surface area (Å²) in [7, 11) is 0. The molecule has 1 unspecified atom stereocenters. The summed E-state index contributed by atoms with van der Waals surface area (Å²) in [5, 5.41) is 9.27. The summed E-state index contributed by atoms with van der Waals surface area (Å²) >= 11 is 0. The van der Waals surface area contributed by atoms with E-state index in [1.807, 2.05) is 0 Å². The Kier molecular flexibility index (Phi) is 4.00. The average Bonchev–Trinajstić information content (AvgIpc) is 1.89. The maximum Gasteiger partial charge on any atom is 0.103 e. The van der Waals surface area contributed by atoms with E-state index in [0.717, 1.165) is 0 Å². The smallest absolute Gasteiger partial charge is 0.103 e. The van der Waals surface area contributed by atoms with E-state index in [2.05, 4.69) is 13.2 Å². The standard InChI is InChI=1S/C8H14O2/c1-4-6-10-7-8(3,9)5-2/h4-5,9H,1-2,6-7H2,3H3. The molecule has 0 saturated heterocycles. The van der Waals surface area contributed by atoms with Gasteiger partial charge in [-0.05, 0) is 6.92 Å². The third kappa shape index (κ3) is 4.30. The first-order valence-corrected chi connectivity index (χ1v) is 3.17. The Labute approximate surface area is 61.8 Å². The van der Waals surface area contributed by atoms with Crippen molar-refractivity contribution in [3.8, 4) is 0 Å². The van der Waals surface area contributed by atoms with Gasteiger partial charge < -0.3 is 9.84 Å². The number of ether oxygens (including phenoxy) is 1. The molecular weight excluding hydrogens is 128 g/mol. The van der Waals surface area contributed by atoms with E-state index < -0.39 is 5.60 Å². The van der Waals surface area contributed by atoms with Crippen LogP contribution in [0.15, 0.2) is 25.3 Å². The molecule has 0 saturated carbocycles. The molecule has 0 rings (SSSR count). The van der Waals surface area contributed by atoms with Gasteiger partial charge in [-0.25, -0.2) is 0 Å². The van der Waals surface area contributed by atoms with Crippen LogP contribution in [0.3, 0.4) is 0 Å². The Morgan fingerprint density at radius 2 is 2.20 bits per heavy atom. The third-order valence-electron chi connectivity index (χ3n) is 1.07. The van der Waals surface area contributed by atoms with Crippen molar-refractivity contribution in [2.75, 3.05) is 13.2 Å². The Morgan fingerprint density at radius 1 is 1.60 bits per heavy atom. The summed E-state index contributed by atoms with van der Waals surface area (Å²) < 4.78 is 5.00. The first kappa shape index (κ1) is 9.40. The molecule has 1 N–H and O–H groups in total. The van der Waals surface area contributed by atoms with Crippen molar-refractivity contribution >= 4 is 0 Å². The highest BCUT2D eigenvalue weighted by atomic mass is 16.5. The molecule has 0 aliphatic carbocycles. The predicted molar refractivity (Wildman–Crippen MR) is 41.8 cm³/mol. The molecule has 0 radical (unpaired) electrons. The second-order valence-corrected chi connectivity index (χ2v) is 2.37. The van der Waals surface area contributed by atoms with Crippen molar-refractivity contribution in [1.82, 2.24) is 0 Å². The summed E-state index contributed by atoms with van der Waals surface area (Å²) in [5.41, 5.74) is -0.914. The molecule has 0 aromatic rings. The van der Waals surface area contributed by atoms with Crippen molar-refractivity contribution in [2.24, 2.45) is 0 Å². The van der Waals surface area contributed by atoms with Crippen LogP contribution in [0.1, 0.15) is 6.92 Å². The first-order valence-electron chi connectivity index (χ1n) is 3.17. The third-order valence-corrected chi connectivity index (χ3v) is 1.07. The summed E-state index contributed by atoms with van der Waals surface area (Å²) in [6.07, 6.45) is 3.09. The number of hydrogen-bond donors (Lipinski definition) is 1. The lowest BCUT2D eigenvalue weighted by molar-refractivity contribution is 0.00852. The maximum absolute atomic E-state index is 9.27. The zero-order valence-electron chi connectivity index (χ0n) is 6.34. The van der Waals surface area contributed by atoms with E-state index in [0.29, 0.717) is 6.61 Å². The van der Waals surface area contributed by atoms with Gasteiger partial charge in [0.1, 0.15) is 5.60 Å². The Balaban J connectivity index is 3.46. The quantitative estimate of drug-likeness (QED) is 0.460. The molecule has 0 bridgehead atoms. The maximum atomic E-state index is 9.27. The molecule has 0 amide bonds. The van der Waals surface area contributed by atoms with Crippen LogP contribution in [0.4, 0.5) is 0 Å². The van der Waals surface area contributed by atoms with Crippen molar-refractivity contribution in [1.29, 1.82) is 0 Å². The van der Waals surface area contributed by atoms with Gasteiger partial charge in [-0.15, -0.1) is 13.2 Å². The van der Waals surface area contributed by atoms with Crippen LogP contribution in [0.5, 0.6) is 0 Å². The van der Waals surface area contributed by atoms with Crippen LogP contribution in [0, 0.1) is 0 Å². The van der Waals surface area contributed by atoms with Crippen LogP contribution in [0.25, 0.3) is 0 Å². The van der Waals surface area contributed by atoms with Crippen LogP contribution in [-0.4, -0.2) is 23.9 Å².